The van der Waals surface area contributed by atoms with Crippen LogP contribution in [0.25, 0.3) is 10.8 Å². The van der Waals surface area contributed by atoms with Crippen molar-refractivity contribution < 1.29 is 9.84 Å². The van der Waals surface area contributed by atoms with Crippen molar-refractivity contribution in [1.82, 2.24) is 0 Å². The minimum Gasteiger partial charge on any atom is -0.496 e. The molecular weight excluding hydrogens is 212 g/mol. The second-order valence-corrected chi connectivity index (χ2v) is 4.36. The molecule has 2 rings (SSSR count). The number of hydrogen-bond donors (Lipinski definition) is 1. The average Bonchev–Trinajstić information content (AvgIpc) is 2.35. The quantitative estimate of drug-likeness (QED) is 0.874. The van der Waals surface area contributed by atoms with Crippen LogP contribution in [-0.2, 0) is 6.42 Å². The zero-order valence-corrected chi connectivity index (χ0v) is 10.3. The Labute approximate surface area is 102 Å². The molecule has 2 aromatic carbocycles. The molecule has 0 saturated heterocycles. The normalized spacial score (nSPS) is 12.6. The summed E-state index contributed by atoms with van der Waals surface area (Å²) in [4.78, 5) is 0. The van der Waals surface area contributed by atoms with E-state index >= 15 is 0 Å². The third-order valence-electron chi connectivity index (χ3n) is 3.03. The summed E-state index contributed by atoms with van der Waals surface area (Å²) in [5, 5.41) is 11.8. The SMILES string of the molecule is COc1ccc2ccccc2c1CC[C@H](C)O. The Morgan fingerprint density at radius 2 is 1.94 bits per heavy atom. The van der Waals surface area contributed by atoms with Crippen LogP contribution in [0.3, 0.4) is 0 Å². The molecule has 0 aliphatic carbocycles. The summed E-state index contributed by atoms with van der Waals surface area (Å²) >= 11 is 0. The van der Waals surface area contributed by atoms with Crippen LogP contribution in [0.5, 0.6) is 5.75 Å². The number of aliphatic hydroxyl groups is 1. The van der Waals surface area contributed by atoms with Crippen LogP contribution in [0.2, 0.25) is 0 Å². The molecule has 2 nitrogen and oxygen atoms in total. The molecule has 0 heterocycles. The van der Waals surface area contributed by atoms with Crippen molar-refractivity contribution in [1.29, 1.82) is 0 Å². The maximum absolute atomic E-state index is 9.41. The van der Waals surface area contributed by atoms with Gasteiger partial charge in [-0.2, -0.15) is 0 Å². The molecule has 1 N–H and O–H groups in total. The Bertz CT molecular complexity index is 503. The fourth-order valence-corrected chi connectivity index (χ4v) is 2.12. The highest BCUT2D eigenvalue weighted by Crippen LogP contribution is 2.29. The zero-order chi connectivity index (χ0) is 12.3. The molecule has 2 heteroatoms. The van der Waals surface area contributed by atoms with E-state index in [-0.39, 0.29) is 6.10 Å². The molecule has 0 aliphatic heterocycles. The minimum absolute atomic E-state index is 0.279. The second kappa shape index (κ2) is 5.19. The van der Waals surface area contributed by atoms with E-state index in [4.69, 9.17) is 4.74 Å². The average molecular weight is 230 g/mol. The number of rotatable bonds is 4. The maximum Gasteiger partial charge on any atom is 0.122 e. The number of methoxy groups -OCH3 is 1. The molecule has 17 heavy (non-hydrogen) atoms. The standard InChI is InChI=1S/C15H18O2/c1-11(16)7-9-14-13-6-4-3-5-12(13)8-10-15(14)17-2/h3-6,8,10-11,16H,7,9H2,1-2H3/t11-/m0/s1. The first-order valence-corrected chi connectivity index (χ1v) is 5.95. The fourth-order valence-electron chi connectivity index (χ4n) is 2.12. The lowest BCUT2D eigenvalue weighted by atomic mass is 9.98. The first-order chi connectivity index (χ1) is 8.22. The van der Waals surface area contributed by atoms with E-state index in [9.17, 15) is 5.11 Å². The summed E-state index contributed by atoms with van der Waals surface area (Å²) < 4.78 is 5.40. The Hall–Kier alpha value is -1.54. The molecule has 0 unspecified atom stereocenters. The van der Waals surface area contributed by atoms with Gasteiger partial charge in [0.25, 0.3) is 0 Å². The molecule has 0 bridgehead atoms. The largest absolute Gasteiger partial charge is 0.496 e. The Kier molecular flexibility index (Phi) is 3.64. The molecule has 0 saturated carbocycles. The molecule has 0 aromatic heterocycles. The van der Waals surface area contributed by atoms with Crippen LogP contribution in [-0.4, -0.2) is 18.3 Å². The van der Waals surface area contributed by atoms with Gasteiger partial charge in [0, 0.05) is 5.56 Å². The minimum atomic E-state index is -0.279. The fraction of sp³-hybridized carbons (Fsp3) is 0.333. The predicted molar refractivity (Wildman–Crippen MR) is 70.5 cm³/mol. The van der Waals surface area contributed by atoms with E-state index in [1.165, 1.54) is 16.3 Å². The summed E-state index contributed by atoms with van der Waals surface area (Å²) in [6.45, 7) is 1.82. The van der Waals surface area contributed by atoms with Gasteiger partial charge in [0.1, 0.15) is 5.75 Å². The molecule has 0 radical (unpaired) electrons. The number of hydrogen-bond acceptors (Lipinski definition) is 2. The maximum atomic E-state index is 9.41. The van der Waals surface area contributed by atoms with Gasteiger partial charge in [-0.15, -0.1) is 0 Å². The van der Waals surface area contributed by atoms with Gasteiger partial charge in [0.15, 0.2) is 0 Å². The number of aliphatic hydroxyl groups excluding tert-OH is 1. The number of fused-ring (bicyclic) bond motifs is 1. The highest BCUT2D eigenvalue weighted by atomic mass is 16.5. The summed E-state index contributed by atoms with van der Waals surface area (Å²) in [7, 11) is 1.69. The lowest BCUT2D eigenvalue weighted by Gasteiger charge is -2.12. The molecule has 1 atom stereocenters. The lowest BCUT2D eigenvalue weighted by Crippen LogP contribution is -2.03. The van der Waals surface area contributed by atoms with Gasteiger partial charge >= 0.3 is 0 Å². The summed E-state index contributed by atoms with van der Waals surface area (Å²) in [6.07, 6.45) is 1.31. The molecule has 0 spiro atoms. The third kappa shape index (κ3) is 2.59. The summed E-state index contributed by atoms with van der Waals surface area (Å²) in [6, 6.07) is 12.3. The van der Waals surface area contributed by atoms with Crippen molar-refractivity contribution in [2.45, 2.75) is 25.9 Å². The van der Waals surface area contributed by atoms with E-state index in [2.05, 4.69) is 18.2 Å². The Morgan fingerprint density at radius 3 is 2.65 bits per heavy atom. The zero-order valence-electron chi connectivity index (χ0n) is 10.3. The van der Waals surface area contributed by atoms with Crippen LogP contribution in [0, 0.1) is 0 Å². The lowest BCUT2D eigenvalue weighted by molar-refractivity contribution is 0.184. The van der Waals surface area contributed by atoms with Gasteiger partial charge in [-0.25, -0.2) is 0 Å². The third-order valence-corrected chi connectivity index (χ3v) is 3.03. The van der Waals surface area contributed by atoms with Crippen LogP contribution in [0.4, 0.5) is 0 Å². The van der Waals surface area contributed by atoms with E-state index in [1.54, 1.807) is 7.11 Å². The second-order valence-electron chi connectivity index (χ2n) is 4.36. The smallest absolute Gasteiger partial charge is 0.122 e. The number of ether oxygens (including phenoxy) is 1. The molecular formula is C15H18O2. The summed E-state index contributed by atoms with van der Waals surface area (Å²) in [5.74, 6) is 0.907. The molecule has 90 valence electrons. The molecule has 0 fully saturated rings. The van der Waals surface area contributed by atoms with Crippen LogP contribution in [0.1, 0.15) is 18.9 Å². The van der Waals surface area contributed by atoms with Gasteiger partial charge in [-0.3, -0.25) is 0 Å². The van der Waals surface area contributed by atoms with Gasteiger partial charge in [-0.1, -0.05) is 30.3 Å². The van der Waals surface area contributed by atoms with Crippen molar-refractivity contribution >= 4 is 10.8 Å². The number of aryl methyl sites for hydroxylation is 1. The van der Waals surface area contributed by atoms with Crippen molar-refractivity contribution in [3.63, 3.8) is 0 Å². The van der Waals surface area contributed by atoms with E-state index < -0.39 is 0 Å². The molecule has 0 amide bonds. The van der Waals surface area contributed by atoms with Crippen LogP contribution < -0.4 is 4.74 Å². The van der Waals surface area contributed by atoms with Crippen LogP contribution in [0.15, 0.2) is 36.4 Å². The topological polar surface area (TPSA) is 29.5 Å². The molecule has 2 aromatic rings. The Balaban J connectivity index is 2.47. The van der Waals surface area contributed by atoms with Gasteiger partial charge < -0.3 is 9.84 Å². The van der Waals surface area contributed by atoms with E-state index in [0.717, 1.165) is 18.6 Å². The van der Waals surface area contributed by atoms with Crippen LogP contribution >= 0.6 is 0 Å². The first kappa shape index (κ1) is 11.9. The highest BCUT2D eigenvalue weighted by molar-refractivity contribution is 5.87. The van der Waals surface area contributed by atoms with E-state index in [1.807, 2.05) is 25.1 Å². The predicted octanol–water partition coefficient (Wildman–Crippen LogP) is 3.16. The van der Waals surface area contributed by atoms with Crippen molar-refractivity contribution in [3.8, 4) is 5.75 Å². The van der Waals surface area contributed by atoms with Crippen molar-refractivity contribution in [3.05, 3.63) is 42.0 Å². The monoisotopic (exact) mass is 230 g/mol. The van der Waals surface area contributed by atoms with Gasteiger partial charge in [0.2, 0.25) is 0 Å². The molecule has 0 aliphatic rings. The van der Waals surface area contributed by atoms with Gasteiger partial charge in [0.05, 0.1) is 13.2 Å². The van der Waals surface area contributed by atoms with Gasteiger partial charge in [-0.05, 0) is 36.6 Å². The first-order valence-electron chi connectivity index (χ1n) is 5.95. The van der Waals surface area contributed by atoms with Crippen molar-refractivity contribution in [2.24, 2.45) is 0 Å². The highest BCUT2D eigenvalue weighted by Gasteiger charge is 2.08. The number of benzene rings is 2. The Morgan fingerprint density at radius 1 is 1.18 bits per heavy atom. The summed E-state index contributed by atoms with van der Waals surface area (Å²) in [5.41, 5.74) is 1.19. The van der Waals surface area contributed by atoms with Crippen molar-refractivity contribution in [2.75, 3.05) is 7.11 Å². The van der Waals surface area contributed by atoms with E-state index in [0.29, 0.717) is 0 Å².